The molecule has 0 aromatic heterocycles. The number of benzene rings is 3. The maximum atomic E-state index is 12.3. The number of aliphatic hydroxyl groups is 1. The molecule has 31 heavy (non-hydrogen) atoms. The van der Waals surface area contributed by atoms with Gasteiger partial charge in [-0.1, -0.05) is 18.2 Å². The highest BCUT2D eigenvalue weighted by Gasteiger charge is 2.12. The Labute approximate surface area is 178 Å². The molecule has 9 heteroatoms. The van der Waals surface area contributed by atoms with Crippen molar-refractivity contribution < 1.29 is 19.6 Å². The van der Waals surface area contributed by atoms with Crippen LogP contribution >= 0.6 is 0 Å². The Morgan fingerprint density at radius 3 is 2.32 bits per heavy atom. The van der Waals surface area contributed by atoms with Gasteiger partial charge < -0.3 is 25.8 Å². The molecule has 0 aliphatic rings. The Morgan fingerprint density at radius 1 is 0.935 bits per heavy atom. The van der Waals surface area contributed by atoms with Crippen LogP contribution in [0, 0.1) is 10.1 Å². The highest BCUT2D eigenvalue weighted by atomic mass is 16.6. The second-order valence-electron chi connectivity index (χ2n) is 6.48. The van der Waals surface area contributed by atoms with Gasteiger partial charge in [0.25, 0.3) is 5.69 Å². The van der Waals surface area contributed by atoms with Gasteiger partial charge in [0.2, 0.25) is 5.91 Å². The first-order chi connectivity index (χ1) is 15.0. The van der Waals surface area contributed by atoms with Gasteiger partial charge >= 0.3 is 0 Å². The summed E-state index contributed by atoms with van der Waals surface area (Å²) in [5.41, 5.74) is 1.43. The van der Waals surface area contributed by atoms with Gasteiger partial charge in [0, 0.05) is 24.4 Å². The lowest BCUT2D eigenvalue weighted by molar-refractivity contribution is -0.384. The van der Waals surface area contributed by atoms with Crippen LogP contribution in [0.2, 0.25) is 0 Å². The maximum Gasteiger partial charge on any atom is 0.271 e. The third-order valence-corrected chi connectivity index (χ3v) is 4.20. The summed E-state index contributed by atoms with van der Waals surface area (Å²) in [5, 5.41) is 28.6. The Bertz CT molecular complexity index is 1030. The minimum Gasteiger partial charge on any atom is -0.457 e. The number of para-hydroxylation sites is 1. The molecule has 160 valence electrons. The van der Waals surface area contributed by atoms with Crippen molar-refractivity contribution in [2.45, 2.75) is 0 Å². The van der Waals surface area contributed by atoms with Crippen molar-refractivity contribution in [3.63, 3.8) is 0 Å². The van der Waals surface area contributed by atoms with E-state index in [4.69, 9.17) is 9.84 Å². The van der Waals surface area contributed by atoms with Crippen LogP contribution in [-0.2, 0) is 4.79 Å². The normalized spacial score (nSPS) is 10.2. The summed E-state index contributed by atoms with van der Waals surface area (Å²) in [6.07, 6.45) is 0. The number of nitrogens with zero attached hydrogens (tertiary/aromatic N) is 1. The molecule has 0 saturated carbocycles. The quantitative estimate of drug-likeness (QED) is 0.289. The Balaban J connectivity index is 1.58. The molecule has 0 fully saturated rings. The van der Waals surface area contributed by atoms with Gasteiger partial charge in [0.05, 0.1) is 29.4 Å². The lowest BCUT2D eigenvalue weighted by atomic mass is 10.2. The summed E-state index contributed by atoms with van der Waals surface area (Å²) in [6, 6.07) is 20.5. The number of hydrogen-bond donors (Lipinski definition) is 4. The van der Waals surface area contributed by atoms with E-state index >= 15 is 0 Å². The molecule has 3 aromatic rings. The van der Waals surface area contributed by atoms with Gasteiger partial charge in [-0.3, -0.25) is 14.9 Å². The Hall–Kier alpha value is -4.11. The van der Waals surface area contributed by atoms with E-state index in [0.29, 0.717) is 28.6 Å². The minimum atomic E-state index is -0.514. The fraction of sp³-hybridized carbons (Fsp3) is 0.136. The number of amides is 1. The molecule has 0 heterocycles. The van der Waals surface area contributed by atoms with Crippen molar-refractivity contribution >= 4 is 28.7 Å². The zero-order valence-corrected chi connectivity index (χ0v) is 16.6. The van der Waals surface area contributed by atoms with E-state index in [2.05, 4.69) is 16.0 Å². The molecular formula is C22H22N4O5. The van der Waals surface area contributed by atoms with Crippen molar-refractivity contribution in [1.82, 2.24) is 0 Å². The summed E-state index contributed by atoms with van der Waals surface area (Å²) in [7, 11) is 0. The van der Waals surface area contributed by atoms with Crippen LogP contribution in [-0.4, -0.2) is 35.6 Å². The molecule has 0 radical (unpaired) electrons. The number of nitro benzene ring substituents is 1. The molecule has 3 rings (SSSR count). The topological polar surface area (TPSA) is 126 Å². The number of anilines is 3. The summed E-state index contributed by atoms with van der Waals surface area (Å²) in [5.74, 6) is 1.03. The third-order valence-electron chi connectivity index (χ3n) is 4.20. The number of nitro groups is 1. The van der Waals surface area contributed by atoms with Crippen LogP contribution in [0.1, 0.15) is 0 Å². The molecule has 0 spiro atoms. The average molecular weight is 422 g/mol. The third kappa shape index (κ3) is 6.44. The van der Waals surface area contributed by atoms with Crippen LogP contribution in [0.15, 0.2) is 72.8 Å². The van der Waals surface area contributed by atoms with Crippen molar-refractivity contribution in [1.29, 1.82) is 0 Å². The summed E-state index contributed by atoms with van der Waals surface area (Å²) in [4.78, 5) is 22.8. The first kappa shape index (κ1) is 21.6. The number of non-ortho nitro benzene ring substituents is 1. The number of aliphatic hydroxyl groups excluding tert-OH is 1. The molecule has 0 aliphatic carbocycles. The highest BCUT2D eigenvalue weighted by Crippen LogP contribution is 2.27. The van der Waals surface area contributed by atoms with Crippen molar-refractivity contribution in [2.75, 3.05) is 35.6 Å². The minimum absolute atomic E-state index is 0.0963. The molecule has 0 aliphatic heterocycles. The number of hydrogen-bond acceptors (Lipinski definition) is 7. The standard InChI is InChI=1S/C22H22N4O5/c27-13-12-23-20-11-8-17(26(29)30)14-21(20)24-15-22(28)25-16-6-9-19(10-7-16)31-18-4-2-1-3-5-18/h1-11,14,23-24,27H,12-13,15H2,(H,25,28). The molecule has 0 unspecified atom stereocenters. The number of ether oxygens (including phenoxy) is 1. The van der Waals surface area contributed by atoms with Gasteiger partial charge in [0.1, 0.15) is 11.5 Å². The van der Waals surface area contributed by atoms with Crippen molar-refractivity contribution in [3.8, 4) is 11.5 Å². The van der Waals surface area contributed by atoms with Crippen molar-refractivity contribution in [2.24, 2.45) is 0 Å². The van der Waals surface area contributed by atoms with Crippen LogP contribution < -0.4 is 20.7 Å². The predicted octanol–water partition coefficient (Wildman–Crippen LogP) is 3.84. The largest absolute Gasteiger partial charge is 0.457 e. The number of carbonyl (C=O) groups excluding carboxylic acids is 1. The number of nitrogens with one attached hydrogen (secondary N) is 3. The van der Waals surface area contributed by atoms with E-state index in [0.717, 1.165) is 0 Å². The molecule has 0 bridgehead atoms. The zero-order chi connectivity index (χ0) is 22.1. The summed E-state index contributed by atoms with van der Waals surface area (Å²) in [6.45, 7) is 0.0776. The second kappa shape index (κ2) is 10.6. The van der Waals surface area contributed by atoms with Gasteiger partial charge in [-0.25, -0.2) is 0 Å². The van der Waals surface area contributed by atoms with E-state index in [1.54, 1.807) is 24.3 Å². The second-order valence-corrected chi connectivity index (χ2v) is 6.48. The molecular weight excluding hydrogens is 400 g/mol. The zero-order valence-electron chi connectivity index (χ0n) is 16.6. The van der Waals surface area contributed by atoms with E-state index < -0.39 is 4.92 Å². The highest BCUT2D eigenvalue weighted by molar-refractivity contribution is 5.94. The van der Waals surface area contributed by atoms with Crippen LogP contribution in [0.25, 0.3) is 0 Å². The molecule has 0 saturated heterocycles. The predicted molar refractivity (Wildman–Crippen MR) is 119 cm³/mol. The Kier molecular flexibility index (Phi) is 7.39. The molecule has 1 amide bonds. The van der Waals surface area contributed by atoms with E-state index in [9.17, 15) is 14.9 Å². The average Bonchev–Trinajstić information content (AvgIpc) is 2.78. The first-order valence-corrected chi connectivity index (χ1v) is 9.55. The van der Waals surface area contributed by atoms with Gasteiger partial charge in [-0.15, -0.1) is 0 Å². The first-order valence-electron chi connectivity index (χ1n) is 9.55. The fourth-order valence-corrected chi connectivity index (χ4v) is 2.75. The monoisotopic (exact) mass is 422 g/mol. The molecule has 0 atom stereocenters. The van der Waals surface area contributed by atoms with Gasteiger partial charge in [0.15, 0.2) is 0 Å². The van der Waals surface area contributed by atoms with Crippen molar-refractivity contribution in [3.05, 3.63) is 82.9 Å². The number of carbonyl (C=O) groups is 1. The number of rotatable bonds is 10. The maximum absolute atomic E-state index is 12.3. The summed E-state index contributed by atoms with van der Waals surface area (Å²) >= 11 is 0. The Morgan fingerprint density at radius 2 is 1.65 bits per heavy atom. The van der Waals surface area contributed by atoms with Gasteiger partial charge in [-0.2, -0.15) is 0 Å². The lowest BCUT2D eigenvalue weighted by Crippen LogP contribution is -2.22. The lowest BCUT2D eigenvalue weighted by Gasteiger charge is -2.13. The van der Waals surface area contributed by atoms with E-state index in [1.807, 2.05) is 30.3 Å². The van der Waals surface area contributed by atoms with Crippen LogP contribution in [0.5, 0.6) is 11.5 Å². The summed E-state index contributed by atoms with van der Waals surface area (Å²) < 4.78 is 5.71. The van der Waals surface area contributed by atoms with E-state index in [-0.39, 0.29) is 31.3 Å². The van der Waals surface area contributed by atoms with Gasteiger partial charge in [-0.05, 0) is 42.5 Å². The molecule has 3 aromatic carbocycles. The van der Waals surface area contributed by atoms with Crippen LogP contribution in [0.4, 0.5) is 22.7 Å². The molecule has 9 nitrogen and oxygen atoms in total. The van der Waals surface area contributed by atoms with Crippen LogP contribution in [0.3, 0.4) is 0 Å². The molecule has 4 N–H and O–H groups in total. The van der Waals surface area contributed by atoms with E-state index in [1.165, 1.54) is 18.2 Å². The smallest absolute Gasteiger partial charge is 0.271 e. The SMILES string of the molecule is O=C(CNc1cc([N+](=O)[O-])ccc1NCCO)Nc1ccc(Oc2ccccc2)cc1. The fourth-order valence-electron chi connectivity index (χ4n) is 2.75.